The molecule has 1 aromatic heterocycles. The average molecular weight is 250 g/mol. The van der Waals surface area contributed by atoms with Crippen molar-refractivity contribution in [1.29, 1.82) is 0 Å². The zero-order chi connectivity index (χ0) is 13.1. The lowest BCUT2D eigenvalue weighted by molar-refractivity contribution is 0.0690. The molecule has 1 N–H and O–H groups in total. The van der Waals surface area contributed by atoms with Gasteiger partial charge >= 0.3 is 5.97 Å². The van der Waals surface area contributed by atoms with Crippen LogP contribution in [-0.2, 0) is 13.7 Å². The molecule has 0 spiro atoms. The van der Waals surface area contributed by atoms with Crippen molar-refractivity contribution in [2.24, 2.45) is 7.05 Å². The molecule has 0 radical (unpaired) electrons. The van der Waals surface area contributed by atoms with E-state index >= 15 is 0 Å². The summed E-state index contributed by atoms with van der Waals surface area (Å²) in [6.07, 6.45) is 3.30. The summed E-state index contributed by atoms with van der Waals surface area (Å²) in [5.74, 6) is -1.63. The molecule has 0 unspecified atom stereocenters. The Hall–Kier alpha value is -2.37. The molecule has 0 amide bonds. The van der Waals surface area contributed by atoms with Gasteiger partial charge in [-0.25, -0.2) is 14.2 Å². The largest absolute Gasteiger partial charge is 0.482 e. The van der Waals surface area contributed by atoms with Crippen molar-refractivity contribution in [3.63, 3.8) is 0 Å². The zero-order valence-corrected chi connectivity index (χ0v) is 9.63. The predicted octanol–water partition coefficient (Wildman–Crippen LogP) is 1.84. The highest BCUT2D eigenvalue weighted by Crippen LogP contribution is 2.23. The lowest BCUT2D eigenvalue weighted by atomic mass is 10.2. The molecule has 0 aliphatic rings. The minimum absolute atomic E-state index is 0.00468. The van der Waals surface area contributed by atoms with Gasteiger partial charge in [0.05, 0.1) is 0 Å². The van der Waals surface area contributed by atoms with Crippen LogP contribution in [0.25, 0.3) is 0 Å². The predicted molar refractivity (Wildman–Crippen MR) is 60.9 cm³/mol. The molecule has 6 heteroatoms. The van der Waals surface area contributed by atoms with Crippen LogP contribution in [0.15, 0.2) is 30.6 Å². The minimum Gasteiger partial charge on any atom is -0.482 e. The van der Waals surface area contributed by atoms with Gasteiger partial charge in [-0.2, -0.15) is 0 Å². The molecule has 1 aromatic carbocycles. The summed E-state index contributed by atoms with van der Waals surface area (Å²) < 4.78 is 20.4. The Morgan fingerprint density at radius 1 is 1.56 bits per heavy atom. The lowest BCUT2D eigenvalue weighted by Gasteiger charge is -2.09. The Morgan fingerprint density at radius 3 is 2.94 bits per heavy atom. The van der Waals surface area contributed by atoms with E-state index in [1.165, 1.54) is 12.1 Å². The van der Waals surface area contributed by atoms with E-state index in [9.17, 15) is 9.18 Å². The van der Waals surface area contributed by atoms with Gasteiger partial charge in [0.25, 0.3) is 0 Å². The third kappa shape index (κ3) is 2.32. The standard InChI is InChI=1S/C12H11FN2O3/c1-15-6-5-14-10(15)7-18-11-8(12(16)17)3-2-4-9(11)13/h2-6H,7H2,1H3,(H,16,17). The first-order valence-corrected chi connectivity index (χ1v) is 5.20. The first-order chi connectivity index (χ1) is 8.59. The third-order valence-electron chi connectivity index (χ3n) is 2.46. The lowest BCUT2D eigenvalue weighted by Crippen LogP contribution is -2.08. The van der Waals surface area contributed by atoms with Crippen molar-refractivity contribution in [3.05, 3.63) is 47.8 Å². The van der Waals surface area contributed by atoms with Gasteiger partial charge in [0.2, 0.25) is 0 Å². The first kappa shape index (κ1) is 12.1. The highest BCUT2D eigenvalue weighted by Gasteiger charge is 2.16. The van der Waals surface area contributed by atoms with Crippen LogP contribution in [0.3, 0.4) is 0 Å². The summed E-state index contributed by atoms with van der Waals surface area (Å²) in [6, 6.07) is 3.77. The summed E-state index contributed by atoms with van der Waals surface area (Å²) in [4.78, 5) is 14.9. The van der Waals surface area contributed by atoms with Crippen molar-refractivity contribution in [2.75, 3.05) is 0 Å². The van der Waals surface area contributed by atoms with Gasteiger partial charge in [0.1, 0.15) is 18.0 Å². The van der Waals surface area contributed by atoms with Crippen LogP contribution >= 0.6 is 0 Å². The van der Waals surface area contributed by atoms with Crippen LogP contribution in [0, 0.1) is 5.82 Å². The van der Waals surface area contributed by atoms with Gasteiger partial charge in [-0.05, 0) is 12.1 Å². The van der Waals surface area contributed by atoms with Crippen LogP contribution in [-0.4, -0.2) is 20.6 Å². The number of rotatable bonds is 4. The summed E-state index contributed by atoms with van der Waals surface area (Å²) in [6.45, 7) is 0.00468. The number of para-hydroxylation sites is 1. The Labute approximate surface area is 102 Å². The fourth-order valence-corrected chi connectivity index (χ4v) is 1.50. The van der Waals surface area contributed by atoms with Crippen LogP contribution in [0.4, 0.5) is 4.39 Å². The highest BCUT2D eigenvalue weighted by molar-refractivity contribution is 5.90. The summed E-state index contributed by atoms with van der Waals surface area (Å²) in [5, 5.41) is 8.93. The number of carboxylic acid groups (broad SMARTS) is 1. The van der Waals surface area contributed by atoms with E-state index in [1.807, 2.05) is 0 Å². The van der Waals surface area contributed by atoms with Crippen molar-refractivity contribution in [1.82, 2.24) is 9.55 Å². The van der Waals surface area contributed by atoms with E-state index in [2.05, 4.69) is 4.98 Å². The number of halogens is 1. The average Bonchev–Trinajstić information content (AvgIpc) is 2.73. The maximum Gasteiger partial charge on any atom is 0.339 e. The van der Waals surface area contributed by atoms with Gasteiger partial charge in [-0.1, -0.05) is 6.07 Å². The fraction of sp³-hybridized carbons (Fsp3) is 0.167. The van der Waals surface area contributed by atoms with E-state index in [4.69, 9.17) is 9.84 Å². The summed E-state index contributed by atoms with van der Waals surface area (Å²) >= 11 is 0. The number of benzene rings is 1. The molecular formula is C12H11FN2O3. The number of hydrogen-bond donors (Lipinski definition) is 1. The second kappa shape index (κ2) is 4.87. The maximum atomic E-state index is 13.5. The molecule has 2 rings (SSSR count). The van der Waals surface area contributed by atoms with Gasteiger partial charge in [0.15, 0.2) is 11.6 Å². The number of carboxylic acids is 1. The number of imidazole rings is 1. The second-order valence-corrected chi connectivity index (χ2v) is 3.66. The number of carbonyl (C=O) groups is 1. The maximum absolute atomic E-state index is 13.5. The van der Waals surface area contributed by atoms with Crippen LogP contribution in [0.1, 0.15) is 16.2 Å². The molecule has 0 atom stereocenters. The minimum atomic E-state index is -1.23. The molecule has 94 valence electrons. The van der Waals surface area contributed by atoms with E-state index in [1.54, 1.807) is 24.0 Å². The van der Waals surface area contributed by atoms with Crippen molar-refractivity contribution < 1.29 is 19.0 Å². The van der Waals surface area contributed by atoms with Gasteiger partial charge in [0, 0.05) is 19.4 Å². The topological polar surface area (TPSA) is 64.4 Å². The quantitative estimate of drug-likeness (QED) is 0.899. The molecule has 0 saturated carbocycles. The molecule has 2 aromatic rings. The van der Waals surface area contributed by atoms with Gasteiger partial charge in [-0.3, -0.25) is 0 Å². The molecule has 0 fully saturated rings. The van der Waals surface area contributed by atoms with Crippen LogP contribution < -0.4 is 4.74 Å². The highest BCUT2D eigenvalue weighted by atomic mass is 19.1. The number of aromatic nitrogens is 2. The Bertz CT molecular complexity index is 580. The molecule has 0 bridgehead atoms. The summed E-state index contributed by atoms with van der Waals surface area (Å²) in [5.41, 5.74) is -0.204. The van der Waals surface area contributed by atoms with Gasteiger partial charge in [-0.15, -0.1) is 0 Å². The van der Waals surface area contributed by atoms with Crippen molar-refractivity contribution in [2.45, 2.75) is 6.61 Å². The zero-order valence-electron chi connectivity index (χ0n) is 9.63. The van der Waals surface area contributed by atoms with E-state index in [0.29, 0.717) is 5.82 Å². The molecule has 1 heterocycles. The van der Waals surface area contributed by atoms with E-state index in [-0.39, 0.29) is 17.9 Å². The van der Waals surface area contributed by atoms with E-state index in [0.717, 1.165) is 6.07 Å². The van der Waals surface area contributed by atoms with Crippen molar-refractivity contribution in [3.8, 4) is 5.75 Å². The smallest absolute Gasteiger partial charge is 0.339 e. The molecule has 0 aliphatic heterocycles. The molecule has 0 aliphatic carbocycles. The Morgan fingerprint density at radius 2 is 2.33 bits per heavy atom. The fourth-order valence-electron chi connectivity index (χ4n) is 1.50. The Kier molecular flexibility index (Phi) is 3.27. The molecular weight excluding hydrogens is 239 g/mol. The second-order valence-electron chi connectivity index (χ2n) is 3.66. The van der Waals surface area contributed by atoms with Crippen LogP contribution in [0.2, 0.25) is 0 Å². The first-order valence-electron chi connectivity index (χ1n) is 5.20. The monoisotopic (exact) mass is 250 g/mol. The number of aryl methyl sites for hydroxylation is 1. The number of nitrogens with zero attached hydrogens (tertiary/aromatic N) is 2. The van der Waals surface area contributed by atoms with Crippen molar-refractivity contribution >= 4 is 5.97 Å². The SMILES string of the molecule is Cn1ccnc1COc1c(F)cccc1C(=O)O. The molecule has 0 saturated heterocycles. The number of aromatic carboxylic acids is 1. The number of hydrogen-bond acceptors (Lipinski definition) is 3. The number of ether oxygens (including phenoxy) is 1. The summed E-state index contributed by atoms with van der Waals surface area (Å²) in [7, 11) is 1.77. The van der Waals surface area contributed by atoms with Crippen LogP contribution in [0.5, 0.6) is 5.75 Å². The Balaban J connectivity index is 2.24. The third-order valence-corrected chi connectivity index (χ3v) is 2.46. The van der Waals surface area contributed by atoms with E-state index < -0.39 is 11.8 Å². The normalized spacial score (nSPS) is 10.3. The molecule has 5 nitrogen and oxygen atoms in total. The molecule has 18 heavy (non-hydrogen) atoms. The van der Waals surface area contributed by atoms with Gasteiger partial charge < -0.3 is 14.4 Å².